The predicted molar refractivity (Wildman–Crippen MR) is 82.2 cm³/mol. The zero-order chi connectivity index (χ0) is 19.3. The maximum atomic E-state index is 13.0. The minimum absolute atomic E-state index is 0.0896. The highest BCUT2D eigenvalue weighted by Crippen LogP contribution is 2.33. The molecular weight excluding hydrogens is 363 g/mol. The minimum Gasteiger partial charge on any atom is -0.394 e. The van der Waals surface area contributed by atoms with Gasteiger partial charge < -0.3 is 10.4 Å². The van der Waals surface area contributed by atoms with Crippen LogP contribution in [0.1, 0.15) is 12.0 Å². The zero-order valence-electron chi connectivity index (χ0n) is 13.2. The topological polar surface area (TPSA) is 79.2 Å². The molecule has 1 unspecified atom stereocenters. The maximum absolute atomic E-state index is 13.0. The Bertz CT molecular complexity index is 748. The fourth-order valence-electron chi connectivity index (χ4n) is 2.17. The van der Waals surface area contributed by atoms with Gasteiger partial charge in [0.1, 0.15) is 0 Å². The number of hydrogen-bond donors (Lipinski definition) is 3. The number of aliphatic hydroxyl groups excluding tert-OH is 1. The van der Waals surface area contributed by atoms with Gasteiger partial charge in [-0.15, -0.1) is 5.10 Å². The van der Waals surface area contributed by atoms with Gasteiger partial charge >= 0.3 is 12.2 Å². The number of nitrogens with one attached hydrogen (secondary N) is 2. The molecule has 3 N–H and O–H groups in total. The molecule has 1 atom stereocenters. The van der Waals surface area contributed by atoms with Crippen molar-refractivity contribution in [3.8, 4) is 5.69 Å². The van der Waals surface area contributed by atoms with E-state index in [2.05, 4.69) is 15.7 Å². The van der Waals surface area contributed by atoms with E-state index in [1.165, 1.54) is 30.5 Å². The Labute approximate surface area is 144 Å². The number of anilines is 1. The lowest BCUT2D eigenvalue weighted by molar-refractivity contribution is -0.137. The molecule has 2 aromatic rings. The maximum Gasteiger partial charge on any atom is 0.418 e. The molecule has 2 amide bonds. The van der Waals surface area contributed by atoms with Gasteiger partial charge in [0.25, 0.3) is 0 Å². The number of carbonyl (C=O) groups excluding carboxylic acids is 1. The predicted octanol–water partition coefficient (Wildman–Crippen LogP) is 3.03. The number of aromatic nitrogens is 2. The SMILES string of the molecule is O=C(Nc1ccn(-c2ccccc2C(F)(F)F)n1)NC(CO)CC(F)F. The number of carbonyl (C=O) groups is 1. The molecule has 0 aliphatic heterocycles. The van der Waals surface area contributed by atoms with Crippen LogP contribution in [0.2, 0.25) is 0 Å². The third kappa shape index (κ3) is 5.15. The van der Waals surface area contributed by atoms with Crippen molar-refractivity contribution in [2.75, 3.05) is 11.9 Å². The number of halogens is 5. The van der Waals surface area contributed by atoms with Crippen LogP contribution in [0.3, 0.4) is 0 Å². The Hall–Kier alpha value is -2.69. The number of urea groups is 1. The Morgan fingerprint density at radius 1 is 1.23 bits per heavy atom. The number of hydrogen-bond acceptors (Lipinski definition) is 3. The van der Waals surface area contributed by atoms with Crippen LogP contribution < -0.4 is 10.6 Å². The van der Waals surface area contributed by atoms with E-state index in [-0.39, 0.29) is 11.5 Å². The summed E-state index contributed by atoms with van der Waals surface area (Å²) >= 11 is 0. The largest absolute Gasteiger partial charge is 0.418 e. The molecule has 0 fully saturated rings. The molecular formula is C15H15F5N4O2. The van der Waals surface area contributed by atoms with Gasteiger partial charge in [-0.2, -0.15) is 13.2 Å². The molecule has 0 bridgehead atoms. The normalized spacial score (nSPS) is 12.9. The molecule has 26 heavy (non-hydrogen) atoms. The van der Waals surface area contributed by atoms with Crippen LogP contribution in [0.25, 0.3) is 5.69 Å². The van der Waals surface area contributed by atoms with Gasteiger partial charge in [0.05, 0.1) is 23.9 Å². The smallest absolute Gasteiger partial charge is 0.394 e. The molecule has 0 saturated heterocycles. The Morgan fingerprint density at radius 2 is 1.92 bits per heavy atom. The fraction of sp³-hybridized carbons (Fsp3) is 0.333. The second-order valence-corrected chi connectivity index (χ2v) is 5.27. The van der Waals surface area contributed by atoms with Crippen molar-refractivity contribution < 1.29 is 31.9 Å². The summed E-state index contributed by atoms with van der Waals surface area (Å²) in [6, 6.07) is 3.91. The number of alkyl halides is 5. The highest BCUT2D eigenvalue weighted by Gasteiger charge is 2.33. The lowest BCUT2D eigenvalue weighted by Crippen LogP contribution is -2.41. The third-order valence-corrected chi connectivity index (χ3v) is 3.31. The molecule has 0 spiro atoms. The van der Waals surface area contributed by atoms with Gasteiger partial charge in [0.2, 0.25) is 6.43 Å². The summed E-state index contributed by atoms with van der Waals surface area (Å²) in [5.74, 6) is -0.0896. The lowest BCUT2D eigenvalue weighted by Gasteiger charge is -2.15. The second kappa shape index (κ2) is 8.13. The summed E-state index contributed by atoms with van der Waals surface area (Å²) in [6.45, 7) is -0.689. The van der Waals surface area contributed by atoms with Crippen LogP contribution in [0.5, 0.6) is 0 Å². The van der Waals surface area contributed by atoms with E-state index in [1.54, 1.807) is 0 Å². The first kappa shape index (κ1) is 19.6. The number of nitrogens with zero attached hydrogens (tertiary/aromatic N) is 2. The molecule has 142 valence electrons. The second-order valence-electron chi connectivity index (χ2n) is 5.27. The molecule has 6 nitrogen and oxygen atoms in total. The van der Waals surface area contributed by atoms with Crippen LogP contribution in [0.15, 0.2) is 36.5 Å². The quantitative estimate of drug-likeness (QED) is 0.676. The van der Waals surface area contributed by atoms with E-state index in [1.807, 2.05) is 0 Å². The van der Waals surface area contributed by atoms with Crippen molar-refractivity contribution in [2.24, 2.45) is 0 Å². The highest BCUT2D eigenvalue weighted by atomic mass is 19.4. The molecule has 2 rings (SSSR count). The summed E-state index contributed by atoms with van der Waals surface area (Å²) in [7, 11) is 0. The van der Waals surface area contributed by atoms with E-state index in [0.29, 0.717) is 0 Å². The van der Waals surface area contributed by atoms with Gasteiger partial charge in [0.15, 0.2) is 5.82 Å². The van der Waals surface area contributed by atoms with Gasteiger partial charge in [-0.05, 0) is 12.1 Å². The number of para-hydroxylation sites is 1. The van der Waals surface area contributed by atoms with Crippen molar-refractivity contribution in [3.63, 3.8) is 0 Å². The summed E-state index contributed by atoms with van der Waals surface area (Å²) < 4.78 is 64.6. The van der Waals surface area contributed by atoms with Gasteiger partial charge in [0, 0.05) is 18.7 Å². The van der Waals surface area contributed by atoms with Crippen LogP contribution in [0.4, 0.5) is 32.6 Å². The van der Waals surface area contributed by atoms with Gasteiger partial charge in [-0.25, -0.2) is 18.3 Å². The van der Waals surface area contributed by atoms with E-state index in [4.69, 9.17) is 5.11 Å². The van der Waals surface area contributed by atoms with Crippen molar-refractivity contribution in [2.45, 2.75) is 25.1 Å². The molecule has 0 radical (unpaired) electrons. The van der Waals surface area contributed by atoms with Gasteiger partial charge in [-0.1, -0.05) is 12.1 Å². The molecule has 11 heteroatoms. The van der Waals surface area contributed by atoms with Crippen molar-refractivity contribution >= 4 is 11.8 Å². The summed E-state index contributed by atoms with van der Waals surface area (Å²) in [5, 5.41) is 17.1. The Balaban J connectivity index is 2.10. The van der Waals surface area contributed by atoms with Crippen LogP contribution in [-0.2, 0) is 6.18 Å². The summed E-state index contributed by atoms with van der Waals surface area (Å²) in [5.41, 5.74) is -1.14. The van der Waals surface area contributed by atoms with E-state index in [9.17, 15) is 26.7 Å². The van der Waals surface area contributed by atoms with Crippen molar-refractivity contribution in [1.82, 2.24) is 15.1 Å². The van der Waals surface area contributed by atoms with Gasteiger partial charge in [-0.3, -0.25) is 5.32 Å². The lowest BCUT2D eigenvalue weighted by atomic mass is 10.2. The zero-order valence-corrected chi connectivity index (χ0v) is 13.2. The molecule has 0 saturated carbocycles. The fourth-order valence-corrected chi connectivity index (χ4v) is 2.17. The molecule has 1 heterocycles. The number of amides is 2. The van der Waals surface area contributed by atoms with E-state index >= 15 is 0 Å². The van der Waals surface area contributed by atoms with Crippen molar-refractivity contribution in [3.05, 3.63) is 42.1 Å². The van der Waals surface area contributed by atoms with Crippen LogP contribution >= 0.6 is 0 Å². The molecule has 1 aromatic heterocycles. The monoisotopic (exact) mass is 378 g/mol. The summed E-state index contributed by atoms with van der Waals surface area (Å²) in [6.07, 6.45) is -6.83. The Kier molecular flexibility index (Phi) is 6.14. The van der Waals surface area contributed by atoms with Crippen molar-refractivity contribution in [1.29, 1.82) is 0 Å². The number of rotatable bonds is 6. The highest BCUT2D eigenvalue weighted by molar-refractivity contribution is 5.88. The first-order valence-electron chi connectivity index (χ1n) is 7.39. The first-order chi connectivity index (χ1) is 12.2. The standard InChI is InChI=1S/C15H15F5N4O2/c16-12(17)7-9(8-25)21-14(26)22-13-5-6-24(23-13)11-4-2-1-3-10(11)15(18,19)20/h1-6,9,12,25H,7-8H2,(H2,21,22,23,26). The van der Waals surface area contributed by atoms with E-state index < -0.39 is 43.3 Å². The molecule has 1 aromatic carbocycles. The van der Waals surface area contributed by atoms with Crippen LogP contribution in [-0.4, -0.2) is 40.0 Å². The molecule has 0 aliphatic carbocycles. The minimum atomic E-state index is -4.59. The molecule has 0 aliphatic rings. The number of benzene rings is 1. The average Bonchev–Trinajstić information content (AvgIpc) is 3.01. The Morgan fingerprint density at radius 3 is 2.54 bits per heavy atom. The van der Waals surface area contributed by atoms with E-state index in [0.717, 1.165) is 10.7 Å². The third-order valence-electron chi connectivity index (χ3n) is 3.31. The average molecular weight is 378 g/mol. The van der Waals surface area contributed by atoms with Crippen LogP contribution in [0, 0.1) is 0 Å². The number of aliphatic hydroxyl groups is 1. The summed E-state index contributed by atoms with van der Waals surface area (Å²) in [4.78, 5) is 11.7. The first-order valence-corrected chi connectivity index (χ1v) is 7.39.